The molecule has 0 aliphatic heterocycles. The van der Waals surface area contributed by atoms with Crippen molar-refractivity contribution in [2.45, 2.75) is 0 Å². The van der Waals surface area contributed by atoms with Crippen LogP contribution < -0.4 is 0 Å². The summed E-state index contributed by atoms with van der Waals surface area (Å²) in [4.78, 5) is 10.3. The molecule has 0 aliphatic carbocycles. The van der Waals surface area contributed by atoms with Gasteiger partial charge >= 0.3 is 5.97 Å². The highest BCUT2D eigenvalue weighted by Crippen LogP contribution is 1.98. The quantitative estimate of drug-likeness (QED) is 0.355. The van der Waals surface area contributed by atoms with Crippen molar-refractivity contribution < 1.29 is 19.6 Å². The van der Waals surface area contributed by atoms with Gasteiger partial charge in [0.2, 0.25) is 5.71 Å². The Hall–Kier alpha value is -1.85. The highest BCUT2D eigenvalue weighted by atomic mass is 16.5. The number of hydrogen-bond donors (Lipinski definition) is 2. The average molecular weight is 156 g/mol. The van der Waals surface area contributed by atoms with Crippen LogP contribution in [0, 0.1) is 0 Å². The summed E-state index contributed by atoms with van der Waals surface area (Å²) in [5, 5.41) is 22.3. The van der Waals surface area contributed by atoms with E-state index in [1.165, 1.54) is 12.3 Å². The third-order valence-corrected chi connectivity index (χ3v) is 0.974. The highest BCUT2D eigenvalue weighted by molar-refractivity contribution is 6.41. The molecule has 6 nitrogen and oxygen atoms in total. The van der Waals surface area contributed by atoms with Gasteiger partial charge in [0.25, 0.3) is 0 Å². The maximum atomic E-state index is 10.3. The summed E-state index contributed by atoms with van der Waals surface area (Å²) >= 11 is 0. The largest absolute Gasteiger partial charge is 0.476 e. The van der Waals surface area contributed by atoms with Crippen LogP contribution in [-0.4, -0.2) is 27.2 Å². The van der Waals surface area contributed by atoms with Crippen molar-refractivity contribution in [1.29, 1.82) is 0 Å². The first-order valence-electron chi connectivity index (χ1n) is 2.62. The first-order valence-corrected chi connectivity index (χ1v) is 2.62. The van der Waals surface area contributed by atoms with E-state index in [0.29, 0.717) is 0 Å². The summed E-state index contributed by atoms with van der Waals surface area (Å²) in [6.07, 6.45) is 1.25. The minimum atomic E-state index is -1.37. The number of carboxylic acid groups (broad SMARTS) is 1. The molecule has 11 heavy (non-hydrogen) atoms. The van der Waals surface area contributed by atoms with E-state index in [4.69, 9.17) is 10.3 Å². The van der Waals surface area contributed by atoms with Crippen LogP contribution in [0.3, 0.4) is 0 Å². The second kappa shape index (κ2) is 2.82. The summed E-state index contributed by atoms with van der Waals surface area (Å²) in [7, 11) is 0. The van der Waals surface area contributed by atoms with Crippen LogP contribution in [0.25, 0.3) is 0 Å². The maximum Gasteiger partial charge on any atom is 0.362 e. The van der Waals surface area contributed by atoms with Crippen molar-refractivity contribution in [2.75, 3.05) is 0 Å². The number of nitrogens with zero attached hydrogens (tertiary/aromatic N) is 2. The highest BCUT2D eigenvalue weighted by Gasteiger charge is 2.16. The van der Waals surface area contributed by atoms with Gasteiger partial charge in [0.1, 0.15) is 0 Å². The number of carboxylic acids is 1. The zero-order valence-electron chi connectivity index (χ0n) is 5.26. The van der Waals surface area contributed by atoms with E-state index >= 15 is 0 Å². The number of aliphatic carboxylic acids is 1. The Labute approximate surface area is 60.7 Å². The van der Waals surface area contributed by atoms with Crippen molar-refractivity contribution in [1.82, 2.24) is 5.16 Å². The minimum Gasteiger partial charge on any atom is -0.476 e. The summed E-state index contributed by atoms with van der Waals surface area (Å²) < 4.78 is 4.43. The van der Waals surface area contributed by atoms with Crippen LogP contribution in [0.15, 0.2) is 21.9 Å². The molecule has 1 aromatic rings. The Morgan fingerprint density at radius 3 is 2.82 bits per heavy atom. The SMILES string of the molecule is O=C(O)C(=NO)c1ccno1. The number of oxime groups is 1. The fourth-order valence-electron chi connectivity index (χ4n) is 0.535. The van der Waals surface area contributed by atoms with Crippen molar-refractivity contribution in [2.24, 2.45) is 5.16 Å². The minimum absolute atomic E-state index is 0.0833. The second-order valence-corrected chi connectivity index (χ2v) is 1.63. The van der Waals surface area contributed by atoms with Crippen LogP contribution in [0.1, 0.15) is 5.76 Å². The Bertz CT molecular complexity index is 277. The van der Waals surface area contributed by atoms with Gasteiger partial charge in [0.15, 0.2) is 5.76 Å². The zero-order chi connectivity index (χ0) is 8.27. The van der Waals surface area contributed by atoms with Gasteiger partial charge in [-0.25, -0.2) is 4.79 Å². The Morgan fingerprint density at radius 2 is 2.45 bits per heavy atom. The molecule has 1 aromatic heterocycles. The molecule has 0 saturated heterocycles. The molecule has 0 bridgehead atoms. The standard InChI is InChI=1S/C5H4N2O4/c8-5(9)4(7-10)3-1-2-6-11-3/h1-2,10H,(H,8,9). The van der Waals surface area contributed by atoms with E-state index in [-0.39, 0.29) is 5.76 Å². The van der Waals surface area contributed by atoms with Crippen molar-refractivity contribution in [3.63, 3.8) is 0 Å². The molecule has 1 heterocycles. The third kappa shape index (κ3) is 1.34. The fraction of sp³-hybridized carbons (Fsp3) is 0. The lowest BCUT2D eigenvalue weighted by Gasteiger charge is -1.89. The summed E-state index contributed by atoms with van der Waals surface area (Å²) in [5.41, 5.74) is -0.567. The van der Waals surface area contributed by atoms with Gasteiger partial charge in [-0.3, -0.25) is 0 Å². The molecule has 0 spiro atoms. The number of aromatic nitrogens is 1. The molecule has 0 unspecified atom stereocenters. The van der Waals surface area contributed by atoms with Gasteiger partial charge < -0.3 is 14.8 Å². The molecule has 0 saturated carbocycles. The summed E-state index contributed by atoms with van der Waals surface area (Å²) in [6.45, 7) is 0. The average Bonchev–Trinajstić information content (AvgIpc) is 2.40. The first-order chi connectivity index (χ1) is 5.25. The Balaban J connectivity index is 2.99. The molecule has 58 valence electrons. The Kier molecular flexibility index (Phi) is 1.86. The van der Waals surface area contributed by atoms with E-state index in [0.717, 1.165) is 0 Å². The van der Waals surface area contributed by atoms with Crippen LogP contribution in [-0.2, 0) is 4.79 Å². The second-order valence-electron chi connectivity index (χ2n) is 1.63. The molecule has 0 aromatic carbocycles. The lowest BCUT2D eigenvalue weighted by molar-refractivity contribution is -0.129. The van der Waals surface area contributed by atoms with Crippen LogP contribution >= 0.6 is 0 Å². The number of rotatable bonds is 2. The summed E-state index contributed by atoms with van der Waals surface area (Å²) in [5.74, 6) is -1.45. The lowest BCUT2D eigenvalue weighted by atomic mass is 10.3. The summed E-state index contributed by atoms with van der Waals surface area (Å²) in [6, 6.07) is 1.28. The van der Waals surface area contributed by atoms with Crippen LogP contribution in [0.5, 0.6) is 0 Å². The maximum absolute atomic E-state index is 10.3. The van der Waals surface area contributed by atoms with Crippen molar-refractivity contribution >= 4 is 11.7 Å². The topological polar surface area (TPSA) is 95.9 Å². The molecule has 0 fully saturated rings. The molecule has 0 atom stereocenters. The molecular formula is C5H4N2O4. The third-order valence-electron chi connectivity index (χ3n) is 0.974. The molecule has 0 aliphatic rings. The first kappa shape index (κ1) is 7.26. The predicted molar refractivity (Wildman–Crippen MR) is 32.5 cm³/mol. The molecule has 6 heteroatoms. The molecule has 1 rings (SSSR count). The van der Waals surface area contributed by atoms with Gasteiger partial charge in [0, 0.05) is 6.07 Å². The van der Waals surface area contributed by atoms with Crippen LogP contribution in [0.4, 0.5) is 0 Å². The van der Waals surface area contributed by atoms with Crippen LogP contribution in [0.2, 0.25) is 0 Å². The van der Waals surface area contributed by atoms with Gasteiger partial charge in [-0.2, -0.15) is 0 Å². The van der Waals surface area contributed by atoms with Gasteiger partial charge in [-0.05, 0) is 0 Å². The normalized spacial score (nSPS) is 11.5. The Morgan fingerprint density at radius 1 is 1.73 bits per heavy atom. The lowest BCUT2D eigenvalue weighted by Crippen LogP contribution is -2.13. The van der Waals surface area contributed by atoms with E-state index in [9.17, 15) is 4.79 Å². The molecular weight excluding hydrogens is 152 g/mol. The smallest absolute Gasteiger partial charge is 0.362 e. The van der Waals surface area contributed by atoms with E-state index in [1.807, 2.05) is 0 Å². The van der Waals surface area contributed by atoms with Gasteiger partial charge in [-0.1, -0.05) is 10.3 Å². The number of carbonyl (C=O) groups is 1. The molecule has 2 N–H and O–H groups in total. The fourth-order valence-corrected chi connectivity index (χ4v) is 0.535. The van der Waals surface area contributed by atoms with E-state index in [2.05, 4.69) is 14.8 Å². The van der Waals surface area contributed by atoms with E-state index < -0.39 is 11.7 Å². The zero-order valence-corrected chi connectivity index (χ0v) is 5.26. The van der Waals surface area contributed by atoms with Gasteiger partial charge in [0.05, 0.1) is 6.20 Å². The van der Waals surface area contributed by atoms with Crippen molar-refractivity contribution in [3.05, 3.63) is 18.0 Å². The van der Waals surface area contributed by atoms with Crippen molar-refractivity contribution in [3.8, 4) is 0 Å². The van der Waals surface area contributed by atoms with Gasteiger partial charge in [-0.15, -0.1) is 0 Å². The number of hydrogen-bond acceptors (Lipinski definition) is 5. The molecule has 0 amide bonds. The molecule has 0 radical (unpaired) electrons. The monoisotopic (exact) mass is 156 g/mol. The van der Waals surface area contributed by atoms with E-state index in [1.54, 1.807) is 0 Å². The predicted octanol–water partition coefficient (Wildman–Crippen LogP) is -0.0625.